The van der Waals surface area contributed by atoms with Gasteiger partial charge in [0.2, 0.25) is 5.91 Å². The van der Waals surface area contributed by atoms with Gasteiger partial charge in [0.1, 0.15) is 12.6 Å². The first-order valence-corrected chi connectivity index (χ1v) is 5.33. The summed E-state index contributed by atoms with van der Waals surface area (Å²) in [6.45, 7) is 1.63. The van der Waals surface area contributed by atoms with Gasteiger partial charge in [-0.1, -0.05) is 0 Å². The highest BCUT2D eigenvalue weighted by molar-refractivity contribution is 7.14. The highest BCUT2D eigenvalue weighted by Gasteiger charge is 2.34. The van der Waals surface area contributed by atoms with Crippen molar-refractivity contribution in [1.29, 1.82) is 0 Å². The fourth-order valence-electron chi connectivity index (χ4n) is 1.46. The molecule has 2 amide bonds. The Morgan fingerprint density at radius 1 is 1.73 bits per heavy atom. The lowest BCUT2D eigenvalue weighted by atomic mass is 10.2. The van der Waals surface area contributed by atoms with E-state index in [0.29, 0.717) is 0 Å². The van der Waals surface area contributed by atoms with E-state index in [2.05, 4.69) is 5.48 Å². The maximum absolute atomic E-state index is 11.5. The molecule has 1 N–H and O–H groups in total. The van der Waals surface area contributed by atoms with Crippen LogP contribution < -0.4 is 10.4 Å². The molecule has 0 unspecified atom stereocenters. The molecule has 1 atom stereocenters. The molecule has 1 aliphatic rings. The Kier molecular flexibility index (Phi) is 2.70. The average Bonchev–Trinajstić information content (AvgIpc) is 2.79. The first kappa shape index (κ1) is 10.1. The molecule has 1 aromatic heterocycles. The molecule has 0 aromatic carbocycles. The monoisotopic (exact) mass is 226 g/mol. The van der Waals surface area contributed by atoms with Crippen LogP contribution in [0.25, 0.3) is 0 Å². The number of carbonyl (C=O) groups is 2. The Morgan fingerprint density at radius 3 is 3.00 bits per heavy atom. The summed E-state index contributed by atoms with van der Waals surface area (Å²) in [5, 5.41) is 2.62. The average molecular weight is 226 g/mol. The van der Waals surface area contributed by atoms with Crippen LogP contribution in [0.3, 0.4) is 0 Å². The number of hydrogen-bond donors (Lipinski definition) is 1. The molecule has 1 aliphatic heterocycles. The first-order chi connectivity index (χ1) is 7.20. The Hall–Kier alpha value is -1.40. The van der Waals surface area contributed by atoms with Crippen LogP contribution in [-0.2, 0) is 14.4 Å². The summed E-state index contributed by atoms with van der Waals surface area (Å²) in [5.41, 5.74) is 2.24. The SMILES string of the molecule is CC(=O)N(c1cccs1)[C@H]1CONC1=O. The van der Waals surface area contributed by atoms with Gasteiger partial charge in [-0.05, 0) is 17.5 Å². The maximum atomic E-state index is 11.5. The van der Waals surface area contributed by atoms with Crippen molar-refractivity contribution in [2.45, 2.75) is 13.0 Å². The van der Waals surface area contributed by atoms with Gasteiger partial charge >= 0.3 is 0 Å². The Labute approximate surface area is 90.6 Å². The molecular weight excluding hydrogens is 216 g/mol. The van der Waals surface area contributed by atoms with Crippen LogP contribution in [0.15, 0.2) is 17.5 Å². The zero-order valence-corrected chi connectivity index (χ0v) is 8.91. The van der Waals surface area contributed by atoms with Crippen molar-refractivity contribution >= 4 is 28.2 Å². The zero-order chi connectivity index (χ0) is 10.8. The number of hydrogen-bond acceptors (Lipinski definition) is 4. The fourth-order valence-corrected chi connectivity index (χ4v) is 2.29. The highest BCUT2D eigenvalue weighted by Crippen LogP contribution is 2.24. The van der Waals surface area contributed by atoms with Crippen molar-refractivity contribution in [2.24, 2.45) is 0 Å². The van der Waals surface area contributed by atoms with Gasteiger partial charge in [0.25, 0.3) is 5.91 Å². The molecule has 0 saturated carbocycles. The summed E-state index contributed by atoms with van der Waals surface area (Å²) >= 11 is 1.42. The maximum Gasteiger partial charge on any atom is 0.269 e. The lowest BCUT2D eigenvalue weighted by molar-refractivity contribution is -0.126. The number of carbonyl (C=O) groups excluding carboxylic acids is 2. The van der Waals surface area contributed by atoms with Crippen LogP contribution in [0.1, 0.15) is 6.92 Å². The second-order valence-corrected chi connectivity index (χ2v) is 4.06. The summed E-state index contributed by atoms with van der Waals surface area (Å²) in [4.78, 5) is 29.1. The lowest BCUT2D eigenvalue weighted by Gasteiger charge is -2.22. The number of rotatable bonds is 2. The molecule has 1 saturated heterocycles. The molecule has 6 heteroatoms. The summed E-state index contributed by atoms with van der Waals surface area (Å²) < 4.78 is 0. The van der Waals surface area contributed by atoms with Crippen molar-refractivity contribution in [2.75, 3.05) is 11.5 Å². The molecule has 80 valence electrons. The fraction of sp³-hybridized carbons (Fsp3) is 0.333. The predicted octanol–water partition coefficient (Wildman–Crippen LogP) is 0.531. The number of anilines is 1. The second kappa shape index (κ2) is 4.00. The van der Waals surface area contributed by atoms with Crippen molar-refractivity contribution < 1.29 is 14.4 Å². The van der Waals surface area contributed by atoms with Gasteiger partial charge in [0.05, 0.1) is 5.00 Å². The lowest BCUT2D eigenvalue weighted by Crippen LogP contribution is -2.44. The van der Waals surface area contributed by atoms with Gasteiger partial charge in [-0.2, -0.15) is 0 Å². The summed E-state index contributed by atoms with van der Waals surface area (Å²) in [7, 11) is 0. The summed E-state index contributed by atoms with van der Waals surface area (Å²) in [6.07, 6.45) is 0. The van der Waals surface area contributed by atoms with E-state index in [-0.39, 0.29) is 18.4 Å². The molecule has 5 nitrogen and oxygen atoms in total. The van der Waals surface area contributed by atoms with Crippen molar-refractivity contribution in [3.8, 4) is 0 Å². The van der Waals surface area contributed by atoms with Gasteiger partial charge in [-0.25, -0.2) is 5.48 Å². The van der Waals surface area contributed by atoms with Crippen LogP contribution in [-0.4, -0.2) is 24.5 Å². The van der Waals surface area contributed by atoms with Gasteiger partial charge in [-0.3, -0.25) is 19.3 Å². The van der Waals surface area contributed by atoms with Crippen LogP contribution in [0, 0.1) is 0 Å². The number of nitrogens with one attached hydrogen (secondary N) is 1. The molecule has 0 bridgehead atoms. The largest absolute Gasteiger partial charge is 0.289 e. The van der Waals surface area contributed by atoms with Crippen LogP contribution in [0.2, 0.25) is 0 Å². The van der Waals surface area contributed by atoms with Crippen LogP contribution in [0.4, 0.5) is 5.00 Å². The van der Waals surface area contributed by atoms with Crippen molar-refractivity contribution in [3.63, 3.8) is 0 Å². The molecule has 0 aliphatic carbocycles. The van der Waals surface area contributed by atoms with E-state index in [9.17, 15) is 9.59 Å². The zero-order valence-electron chi connectivity index (χ0n) is 8.10. The molecule has 0 spiro atoms. The van der Waals surface area contributed by atoms with E-state index in [1.54, 1.807) is 6.07 Å². The molecule has 0 radical (unpaired) electrons. The molecule has 15 heavy (non-hydrogen) atoms. The number of thiophene rings is 1. The Bertz CT molecular complexity index is 377. The first-order valence-electron chi connectivity index (χ1n) is 4.45. The number of nitrogens with zero attached hydrogens (tertiary/aromatic N) is 1. The molecule has 1 fully saturated rings. The Balaban J connectivity index is 2.28. The summed E-state index contributed by atoms with van der Waals surface area (Å²) in [6, 6.07) is 3.09. The van der Waals surface area contributed by atoms with Gasteiger partial charge in [-0.15, -0.1) is 11.3 Å². The van der Waals surface area contributed by atoms with Gasteiger partial charge in [0, 0.05) is 6.92 Å². The van der Waals surface area contributed by atoms with E-state index in [0.717, 1.165) is 5.00 Å². The summed E-state index contributed by atoms with van der Waals surface area (Å²) in [5.74, 6) is -0.443. The van der Waals surface area contributed by atoms with E-state index in [4.69, 9.17) is 4.84 Å². The molecule has 2 rings (SSSR count). The predicted molar refractivity (Wildman–Crippen MR) is 55.4 cm³/mol. The van der Waals surface area contributed by atoms with Crippen molar-refractivity contribution in [3.05, 3.63) is 17.5 Å². The van der Waals surface area contributed by atoms with E-state index < -0.39 is 6.04 Å². The number of amides is 2. The Morgan fingerprint density at radius 2 is 2.53 bits per heavy atom. The van der Waals surface area contributed by atoms with E-state index in [1.165, 1.54) is 23.2 Å². The minimum absolute atomic E-state index is 0.164. The minimum Gasteiger partial charge on any atom is -0.289 e. The smallest absolute Gasteiger partial charge is 0.269 e. The minimum atomic E-state index is -0.554. The topological polar surface area (TPSA) is 58.6 Å². The quantitative estimate of drug-likeness (QED) is 0.800. The van der Waals surface area contributed by atoms with Gasteiger partial charge < -0.3 is 0 Å². The van der Waals surface area contributed by atoms with E-state index >= 15 is 0 Å². The van der Waals surface area contributed by atoms with Gasteiger partial charge in [0.15, 0.2) is 0 Å². The second-order valence-electron chi connectivity index (χ2n) is 3.13. The van der Waals surface area contributed by atoms with E-state index in [1.807, 2.05) is 11.4 Å². The standard InChI is InChI=1S/C9H10N2O3S/c1-6(12)11(8-3-2-4-15-8)7-5-14-10-9(7)13/h2-4,7H,5H2,1H3,(H,10,13)/t7-/m0/s1. The molecular formula is C9H10N2O3S. The van der Waals surface area contributed by atoms with Crippen molar-refractivity contribution in [1.82, 2.24) is 5.48 Å². The molecule has 2 heterocycles. The molecule has 1 aromatic rings. The van der Waals surface area contributed by atoms with Crippen LogP contribution >= 0.6 is 11.3 Å². The number of hydroxylamine groups is 1. The highest BCUT2D eigenvalue weighted by atomic mass is 32.1. The third-order valence-corrected chi connectivity index (χ3v) is 2.98. The normalized spacial score (nSPS) is 20.1. The van der Waals surface area contributed by atoms with Crippen LogP contribution in [0.5, 0.6) is 0 Å². The third kappa shape index (κ3) is 1.86. The third-order valence-electron chi connectivity index (χ3n) is 2.11.